The van der Waals surface area contributed by atoms with Gasteiger partial charge in [0.1, 0.15) is 0 Å². The van der Waals surface area contributed by atoms with E-state index in [0.29, 0.717) is 6.42 Å². The van der Waals surface area contributed by atoms with Crippen LogP contribution in [0.3, 0.4) is 0 Å². The highest BCUT2D eigenvalue weighted by Gasteiger charge is 2.60. The summed E-state index contributed by atoms with van der Waals surface area (Å²) in [6.45, 7) is 5.10. The van der Waals surface area contributed by atoms with Gasteiger partial charge in [-0.1, -0.05) is 13.3 Å². The van der Waals surface area contributed by atoms with E-state index in [2.05, 4.69) is 0 Å². The van der Waals surface area contributed by atoms with Crippen molar-refractivity contribution >= 4 is 15.9 Å². The molecule has 1 rings (SSSR count). The first-order valence-electron chi connectivity index (χ1n) is 5.96. The quantitative estimate of drug-likeness (QED) is 0.767. The molecule has 1 saturated heterocycles. The van der Waals surface area contributed by atoms with Crippen LogP contribution >= 0.6 is 0 Å². The highest BCUT2D eigenvalue weighted by Crippen LogP contribution is 2.36. The number of carbonyl (C=O) groups is 1. The maximum Gasteiger partial charge on any atom is 0.258 e. The number of hydrogen-bond acceptors (Lipinski definition) is 4. The summed E-state index contributed by atoms with van der Waals surface area (Å²) in [7, 11) is -3.48. The first kappa shape index (κ1) is 14.4. The molecule has 1 N–H and O–H groups in total. The van der Waals surface area contributed by atoms with Crippen molar-refractivity contribution in [1.29, 1.82) is 0 Å². The number of nitrogens with zero attached hydrogens (tertiary/aromatic N) is 1. The molecule has 0 saturated carbocycles. The van der Waals surface area contributed by atoms with Crippen LogP contribution in [0.1, 0.15) is 40.0 Å². The number of aliphatic hydroxyl groups excluding tert-OH is 1. The van der Waals surface area contributed by atoms with E-state index in [-0.39, 0.29) is 25.0 Å². The Hall–Kier alpha value is -0.620. The van der Waals surface area contributed by atoms with E-state index < -0.39 is 14.8 Å². The summed E-state index contributed by atoms with van der Waals surface area (Å²) in [6, 6.07) is 0. The van der Waals surface area contributed by atoms with E-state index in [1.165, 1.54) is 13.8 Å². The van der Waals surface area contributed by atoms with Crippen molar-refractivity contribution in [3.63, 3.8) is 0 Å². The van der Waals surface area contributed by atoms with Crippen molar-refractivity contribution in [2.45, 2.75) is 44.8 Å². The maximum atomic E-state index is 11.9. The SMILES string of the molecule is CCCC(CCO)CN1C(=O)C(C)(C)S1(=O)=O. The molecular weight excluding hydrogens is 242 g/mol. The summed E-state index contributed by atoms with van der Waals surface area (Å²) in [4.78, 5) is 11.7. The van der Waals surface area contributed by atoms with Crippen LogP contribution in [0.4, 0.5) is 0 Å². The summed E-state index contributed by atoms with van der Waals surface area (Å²) < 4.78 is 23.4. The number of amides is 1. The molecule has 100 valence electrons. The molecular formula is C11H21NO4S. The summed E-state index contributed by atoms with van der Waals surface area (Å²) in [5.74, 6) is -0.281. The molecule has 0 aromatic carbocycles. The minimum atomic E-state index is -3.48. The molecule has 0 spiro atoms. The van der Waals surface area contributed by atoms with Crippen molar-refractivity contribution < 1.29 is 18.3 Å². The van der Waals surface area contributed by atoms with Gasteiger partial charge in [-0.2, -0.15) is 0 Å². The predicted molar refractivity (Wildman–Crippen MR) is 64.8 cm³/mol. The van der Waals surface area contributed by atoms with Crippen LogP contribution in [-0.4, -0.2) is 41.6 Å². The summed E-state index contributed by atoms with van der Waals surface area (Å²) >= 11 is 0. The lowest BCUT2D eigenvalue weighted by atomic mass is 10.00. The molecule has 0 aliphatic carbocycles. The van der Waals surface area contributed by atoms with Gasteiger partial charge < -0.3 is 5.11 Å². The van der Waals surface area contributed by atoms with Gasteiger partial charge in [-0.05, 0) is 32.6 Å². The van der Waals surface area contributed by atoms with Gasteiger partial charge in [0.15, 0.2) is 4.75 Å². The van der Waals surface area contributed by atoms with Crippen LogP contribution in [0.25, 0.3) is 0 Å². The van der Waals surface area contributed by atoms with Crippen molar-refractivity contribution in [3.05, 3.63) is 0 Å². The van der Waals surface area contributed by atoms with E-state index in [9.17, 15) is 13.2 Å². The lowest BCUT2D eigenvalue weighted by Gasteiger charge is -2.44. The fraction of sp³-hybridized carbons (Fsp3) is 0.909. The summed E-state index contributed by atoms with van der Waals surface area (Å²) in [5, 5.41) is 8.91. The van der Waals surface area contributed by atoms with Gasteiger partial charge in [-0.25, -0.2) is 12.7 Å². The second-order valence-corrected chi connectivity index (χ2v) is 7.43. The molecule has 1 unspecified atom stereocenters. The zero-order valence-electron chi connectivity index (χ0n) is 10.6. The minimum absolute atomic E-state index is 0.0239. The van der Waals surface area contributed by atoms with Crippen LogP contribution < -0.4 is 0 Å². The largest absolute Gasteiger partial charge is 0.396 e. The van der Waals surface area contributed by atoms with Gasteiger partial charge in [0.25, 0.3) is 15.9 Å². The Kier molecular flexibility index (Phi) is 4.19. The second-order valence-electron chi connectivity index (χ2n) is 5.02. The molecule has 0 aromatic heterocycles. The molecule has 17 heavy (non-hydrogen) atoms. The fourth-order valence-electron chi connectivity index (χ4n) is 2.09. The Balaban J connectivity index is 2.73. The second kappa shape index (κ2) is 4.94. The molecule has 1 atom stereocenters. The zero-order chi connectivity index (χ0) is 13.3. The smallest absolute Gasteiger partial charge is 0.258 e. The highest BCUT2D eigenvalue weighted by molar-refractivity contribution is 7.94. The normalized spacial score (nSPS) is 23.3. The van der Waals surface area contributed by atoms with E-state index >= 15 is 0 Å². The Bertz CT molecular complexity index is 382. The lowest BCUT2D eigenvalue weighted by molar-refractivity contribution is -0.132. The summed E-state index contributed by atoms with van der Waals surface area (Å²) in [6.07, 6.45) is 2.27. The Morgan fingerprint density at radius 3 is 2.35 bits per heavy atom. The zero-order valence-corrected chi connectivity index (χ0v) is 11.5. The topological polar surface area (TPSA) is 74.7 Å². The minimum Gasteiger partial charge on any atom is -0.396 e. The highest BCUT2D eigenvalue weighted by atomic mass is 32.2. The maximum absolute atomic E-state index is 11.9. The van der Waals surface area contributed by atoms with Crippen molar-refractivity contribution in [3.8, 4) is 0 Å². The van der Waals surface area contributed by atoms with Crippen LogP contribution in [0.5, 0.6) is 0 Å². The third kappa shape index (κ3) is 2.33. The first-order valence-corrected chi connectivity index (χ1v) is 7.40. The van der Waals surface area contributed by atoms with E-state index in [4.69, 9.17) is 5.11 Å². The number of carbonyl (C=O) groups excluding carboxylic acids is 1. The number of aliphatic hydroxyl groups is 1. The van der Waals surface area contributed by atoms with Gasteiger partial charge in [-0.3, -0.25) is 4.79 Å². The van der Waals surface area contributed by atoms with Crippen LogP contribution in [0.2, 0.25) is 0 Å². The van der Waals surface area contributed by atoms with E-state index in [1.807, 2.05) is 6.92 Å². The Labute approximate surface area is 103 Å². The van der Waals surface area contributed by atoms with Crippen molar-refractivity contribution in [2.75, 3.05) is 13.2 Å². The number of hydrogen-bond donors (Lipinski definition) is 1. The molecule has 1 aliphatic rings. The molecule has 1 fully saturated rings. The lowest BCUT2D eigenvalue weighted by Crippen LogP contribution is -2.67. The Morgan fingerprint density at radius 2 is 1.94 bits per heavy atom. The average Bonchev–Trinajstić information content (AvgIpc) is 2.24. The molecule has 1 aliphatic heterocycles. The van der Waals surface area contributed by atoms with Gasteiger partial charge in [0.2, 0.25) is 0 Å². The molecule has 6 heteroatoms. The average molecular weight is 263 g/mol. The van der Waals surface area contributed by atoms with E-state index in [0.717, 1.165) is 17.1 Å². The summed E-state index contributed by atoms with van der Waals surface area (Å²) in [5.41, 5.74) is 0. The number of sulfonamides is 1. The fourth-order valence-corrected chi connectivity index (χ4v) is 3.69. The van der Waals surface area contributed by atoms with Crippen molar-refractivity contribution in [1.82, 2.24) is 4.31 Å². The predicted octanol–water partition coefficient (Wildman–Crippen LogP) is 0.736. The van der Waals surface area contributed by atoms with Gasteiger partial charge >= 0.3 is 0 Å². The van der Waals surface area contributed by atoms with Crippen LogP contribution in [0, 0.1) is 5.92 Å². The molecule has 1 amide bonds. The molecule has 5 nitrogen and oxygen atoms in total. The molecule has 0 aromatic rings. The third-order valence-corrected chi connectivity index (χ3v) is 5.69. The van der Waals surface area contributed by atoms with Crippen LogP contribution in [-0.2, 0) is 14.8 Å². The van der Waals surface area contributed by atoms with Gasteiger partial charge in [0.05, 0.1) is 0 Å². The van der Waals surface area contributed by atoms with Crippen molar-refractivity contribution in [2.24, 2.45) is 5.92 Å². The molecule has 0 bridgehead atoms. The number of rotatable bonds is 6. The van der Waals surface area contributed by atoms with Gasteiger partial charge in [-0.15, -0.1) is 0 Å². The van der Waals surface area contributed by atoms with E-state index in [1.54, 1.807) is 0 Å². The monoisotopic (exact) mass is 263 g/mol. The Morgan fingerprint density at radius 1 is 1.35 bits per heavy atom. The van der Waals surface area contributed by atoms with Gasteiger partial charge in [0, 0.05) is 13.2 Å². The molecule has 0 radical (unpaired) electrons. The third-order valence-electron chi connectivity index (χ3n) is 3.33. The standard InChI is InChI=1S/C11H21NO4S/c1-4-5-9(6-7-13)8-12-10(14)11(2,3)17(12,15)16/h9,13H,4-8H2,1-3H3. The molecule has 1 heterocycles. The first-order chi connectivity index (χ1) is 7.79. The van der Waals surface area contributed by atoms with Crippen LogP contribution in [0.15, 0.2) is 0 Å².